The molecule has 4 rings (SSSR count). The topological polar surface area (TPSA) is 71.3 Å². The highest BCUT2D eigenvalue weighted by Gasteiger charge is 2.34. The average Bonchev–Trinajstić information content (AvgIpc) is 3.33. The van der Waals surface area contributed by atoms with Gasteiger partial charge in [0.15, 0.2) is 0 Å². The van der Waals surface area contributed by atoms with Gasteiger partial charge in [-0.2, -0.15) is 4.98 Å². The maximum atomic E-state index is 13.8. The minimum Gasteiger partial charge on any atom is -0.337 e. The lowest BCUT2D eigenvalue weighted by Crippen LogP contribution is -2.34. The third-order valence-corrected chi connectivity index (χ3v) is 4.80. The van der Waals surface area contributed by atoms with E-state index in [0.717, 1.165) is 29.7 Å². The number of carbonyl (C=O) groups is 1. The molecule has 0 unspecified atom stereocenters. The molecule has 28 heavy (non-hydrogen) atoms. The molecule has 0 bridgehead atoms. The molecular formula is C20H18F2N4O2. The van der Waals surface area contributed by atoms with Gasteiger partial charge >= 0.3 is 6.03 Å². The zero-order valence-electron chi connectivity index (χ0n) is 15.2. The zero-order chi connectivity index (χ0) is 19.7. The molecular weight excluding hydrogens is 366 g/mol. The summed E-state index contributed by atoms with van der Waals surface area (Å²) in [6.07, 6.45) is 1.42. The molecule has 0 saturated carbocycles. The van der Waals surface area contributed by atoms with Crippen LogP contribution < -0.4 is 5.32 Å². The highest BCUT2D eigenvalue weighted by Crippen LogP contribution is 2.33. The number of hydrogen-bond acceptors (Lipinski definition) is 4. The van der Waals surface area contributed by atoms with Crippen molar-refractivity contribution in [3.63, 3.8) is 0 Å². The molecule has 144 valence electrons. The van der Waals surface area contributed by atoms with Gasteiger partial charge in [0.05, 0.1) is 5.69 Å². The van der Waals surface area contributed by atoms with Crippen molar-refractivity contribution in [2.24, 2.45) is 0 Å². The van der Waals surface area contributed by atoms with Gasteiger partial charge in [-0.25, -0.2) is 13.6 Å². The van der Waals surface area contributed by atoms with E-state index in [1.807, 2.05) is 31.2 Å². The van der Waals surface area contributed by atoms with Gasteiger partial charge in [0.1, 0.15) is 17.7 Å². The number of amides is 2. The van der Waals surface area contributed by atoms with Crippen molar-refractivity contribution < 1.29 is 18.1 Å². The highest BCUT2D eigenvalue weighted by atomic mass is 19.1. The van der Waals surface area contributed by atoms with Crippen molar-refractivity contribution in [1.29, 1.82) is 0 Å². The molecule has 1 aromatic heterocycles. The number of nitrogens with zero attached hydrogens (tertiary/aromatic N) is 3. The quantitative estimate of drug-likeness (QED) is 0.711. The molecule has 2 aromatic carbocycles. The van der Waals surface area contributed by atoms with Gasteiger partial charge in [0.2, 0.25) is 11.7 Å². The third-order valence-electron chi connectivity index (χ3n) is 4.80. The molecule has 3 aromatic rings. The summed E-state index contributed by atoms with van der Waals surface area (Å²) in [5, 5.41) is 6.53. The molecule has 6 nitrogen and oxygen atoms in total. The van der Waals surface area contributed by atoms with E-state index in [9.17, 15) is 13.6 Å². The Morgan fingerprint density at radius 2 is 2.07 bits per heavy atom. The number of halogens is 2. The molecule has 1 aliphatic rings. The molecule has 0 aliphatic carbocycles. The summed E-state index contributed by atoms with van der Waals surface area (Å²) in [5.41, 5.74) is 1.80. The first-order chi connectivity index (χ1) is 13.5. The average molecular weight is 384 g/mol. The summed E-state index contributed by atoms with van der Waals surface area (Å²) < 4.78 is 32.3. The highest BCUT2D eigenvalue weighted by molar-refractivity contribution is 5.89. The number of aryl methyl sites for hydroxylation is 1. The molecule has 8 heteroatoms. The fourth-order valence-electron chi connectivity index (χ4n) is 3.35. The summed E-state index contributed by atoms with van der Waals surface area (Å²) in [7, 11) is 0. The molecule has 1 aliphatic heterocycles. The number of carbonyl (C=O) groups excluding carboxylic acids is 1. The van der Waals surface area contributed by atoms with E-state index in [0.29, 0.717) is 24.7 Å². The monoisotopic (exact) mass is 384 g/mol. The lowest BCUT2D eigenvalue weighted by Gasteiger charge is -2.22. The minimum absolute atomic E-state index is 0.0804. The minimum atomic E-state index is -0.830. The molecule has 1 saturated heterocycles. The largest absolute Gasteiger partial charge is 0.337 e. The van der Waals surface area contributed by atoms with Crippen LogP contribution in [0, 0.1) is 18.6 Å². The van der Waals surface area contributed by atoms with Crippen LogP contribution in [-0.2, 0) is 0 Å². The Morgan fingerprint density at radius 1 is 1.25 bits per heavy atom. The fraction of sp³-hybridized carbons (Fsp3) is 0.250. The van der Waals surface area contributed by atoms with Crippen molar-refractivity contribution in [2.75, 3.05) is 11.9 Å². The first-order valence-electron chi connectivity index (χ1n) is 8.95. The van der Waals surface area contributed by atoms with Crippen molar-refractivity contribution in [2.45, 2.75) is 25.8 Å². The van der Waals surface area contributed by atoms with Crippen LogP contribution in [0.2, 0.25) is 0 Å². The van der Waals surface area contributed by atoms with E-state index < -0.39 is 23.7 Å². The van der Waals surface area contributed by atoms with Crippen molar-refractivity contribution in [3.8, 4) is 11.4 Å². The maximum absolute atomic E-state index is 13.8. The Morgan fingerprint density at radius 3 is 2.86 bits per heavy atom. The van der Waals surface area contributed by atoms with Gasteiger partial charge in [-0.15, -0.1) is 0 Å². The molecule has 2 heterocycles. The van der Waals surface area contributed by atoms with E-state index in [1.165, 1.54) is 11.0 Å². The van der Waals surface area contributed by atoms with Crippen LogP contribution in [0.15, 0.2) is 47.0 Å². The van der Waals surface area contributed by atoms with Crippen LogP contribution >= 0.6 is 0 Å². The summed E-state index contributed by atoms with van der Waals surface area (Å²) >= 11 is 0. The molecule has 1 N–H and O–H groups in total. The lowest BCUT2D eigenvalue weighted by molar-refractivity contribution is 0.193. The van der Waals surface area contributed by atoms with Crippen LogP contribution in [0.1, 0.15) is 30.3 Å². The predicted octanol–water partition coefficient (Wildman–Crippen LogP) is 4.69. The molecule has 2 amide bonds. The van der Waals surface area contributed by atoms with E-state index in [1.54, 1.807) is 0 Å². The van der Waals surface area contributed by atoms with Gasteiger partial charge in [-0.3, -0.25) is 0 Å². The fourth-order valence-corrected chi connectivity index (χ4v) is 3.35. The van der Waals surface area contributed by atoms with Gasteiger partial charge in [-0.05, 0) is 37.5 Å². The van der Waals surface area contributed by atoms with E-state index in [2.05, 4.69) is 15.5 Å². The Kier molecular flexibility index (Phi) is 4.77. The second kappa shape index (κ2) is 7.38. The Bertz CT molecular complexity index is 1020. The van der Waals surface area contributed by atoms with Crippen molar-refractivity contribution in [3.05, 3.63) is 65.6 Å². The Balaban J connectivity index is 1.54. The number of anilines is 1. The Hall–Kier alpha value is -3.29. The smallest absolute Gasteiger partial charge is 0.322 e. The van der Waals surface area contributed by atoms with Crippen LogP contribution in [0.25, 0.3) is 11.4 Å². The third kappa shape index (κ3) is 3.45. The summed E-state index contributed by atoms with van der Waals surface area (Å²) in [4.78, 5) is 18.6. The molecule has 1 fully saturated rings. The number of benzene rings is 2. The van der Waals surface area contributed by atoms with Crippen molar-refractivity contribution >= 4 is 11.7 Å². The molecule has 1 atom stereocenters. The van der Waals surface area contributed by atoms with Crippen molar-refractivity contribution in [1.82, 2.24) is 15.0 Å². The van der Waals surface area contributed by atoms with Gasteiger partial charge in [-0.1, -0.05) is 29.4 Å². The lowest BCUT2D eigenvalue weighted by atomic mass is 10.1. The standard InChI is InChI=1S/C20H18F2N4O2/c1-12-5-2-3-6-14(12)18-24-19(28-25-18)17-7-4-10-26(17)20(27)23-16-9-8-13(21)11-15(16)22/h2-3,5-6,8-9,11,17H,4,7,10H2,1H3,(H,23,27)/t17-/m0/s1. The maximum Gasteiger partial charge on any atom is 0.322 e. The normalized spacial score (nSPS) is 16.4. The van der Waals surface area contributed by atoms with Gasteiger partial charge in [0.25, 0.3) is 0 Å². The van der Waals surface area contributed by atoms with E-state index in [-0.39, 0.29) is 5.69 Å². The second-order valence-corrected chi connectivity index (χ2v) is 6.68. The molecule has 0 spiro atoms. The number of urea groups is 1. The van der Waals surface area contributed by atoms with Crippen LogP contribution in [-0.4, -0.2) is 27.6 Å². The first kappa shape index (κ1) is 18.1. The number of aromatic nitrogens is 2. The van der Waals surface area contributed by atoms with E-state index >= 15 is 0 Å². The number of nitrogens with one attached hydrogen (secondary N) is 1. The van der Waals surface area contributed by atoms with Crippen LogP contribution in [0.5, 0.6) is 0 Å². The number of hydrogen-bond donors (Lipinski definition) is 1. The summed E-state index contributed by atoms with van der Waals surface area (Å²) in [6.45, 7) is 2.43. The van der Waals surface area contributed by atoms with Gasteiger partial charge in [0, 0.05) is 18.2 Å². The summed E-state index contributed by atoms with van der Waals surface area (Å²) in [5.74, 6) is -0.733. The second-order valence-electron chi connectivity index (χ2n) is 6.68. The van der Waals surface area contributed by atoms with E-state index in [4.69, 9.17) is 4.52 Å². The number of rotatable bonds is 3. The SMILES string of the molecule is Cc1ccccc1-c1noc([C@@H]2CCCN2C(=O)Nc2ccc(F)cc2F)n1. The first-order valence-corrected chi connectivity index (χ1v) is 8.95. The zero-order valence-corrected chi connectivity index (χ0v) is 15.2. The number of likely N-dealkylation sites (tertiary alicyclic amines) is 1. The van der Waals surface area contributed by atoms with Crippen LogP contribution in [0.3, 0.4) is 0 Å². The Labute approximate surface area is 160 Å². The predicted molar refractivity (Wildman–Crippen MR) is 98.5 cm³/mol. The molecule has 0 radical (unpaired) electrons. The summed E-state index contributed by atoms with van der Waals surface area (Å²) in [6, 6.07) is 9.80. The van der Waals surface area contributed by atoms with Crippen LogP contribution in [0.4, 0.5) is 19.3 Å². The van der Waals surface area contributed by atoms with Gasteiger partial charge < -0.3 is 14.7 Å².